The van der Waals surface area contributed by atoms with E-state index in [1.165, 1.54) is 42.6 Å². The van der Waals surface area contributed by atoms with Crippen LogP contribution in [0.1, 0.15) is 9.67 Å². The first-order valence-corrected chi connectivity index (χ1v) is 8.93. The molecule has 0 radical (unpaired) electrons. The van der Waals surface area contributed by atoms with Gasteiger partial charge in [-0.25, -0.2) is 9.37 Å². The zero-order chi connectivity index (χ0) is 20.3. The van der Waals surface area contributed by atoms with Crippen LogP contribution in [0.25, 0.3) is 10.6 Å². The first-order valence-electron chi connectivity index (χ1n) is 7.74. The molecule has 0 bridgehead atoms. The van der Waals surface area contributed by atoms with Crippen LogP contribution in [-0.2, 0) is 0 Å². The predicted molar refractivity (Wildman–Crippen MR) is 98.5 cm³/mol. The van der Waals surface area contributed by atoms with Gasteiger partial charge in [0.05, 0.1) is 11.9 Å². The van der Waals surface area contributed by atoms with E-state index in [0.717, 1.165) is 11.3 Å². The Morgan fingerprint density at radius 2 is 1.96 bits per heavy atom. The molecular weight excluding hydrogens is 420 g/mol. The maximum Gasteiger partial charge on any atom is 0.422 e. The minimum absolute atomic E-state index is 0.0254. The fraction of sp³-hybridized carbons (Fsp3) is 0.111. The molecule has 0 spiro atoms. The highest BCUT2D eigenvalue weighted by Gasteiger charge is 2.29. The number of nitrogens with zero attached hydrogens (tertiary/aromatic N) is 1. The molecule has 1 amide bonds. The molecule has 0 unspecified atom stereocenters. The van der Waals surface area contributed by atoms with Gasteiger partial charge in [-0.15, -0.1) is 11.3 Å². The minimum atomic E-state index is -4.53. The van der Waals surface area contributed by atoms with Crippen LogP contribution in [0.4, 0.5) is 23.2 Å². The summed E-state index contributed by atoms with van der Waals surface area (Å²) in [6.07, 6.45) is -3.28. The van der Waals surface area contributed by atoms with E-state index in [-0.39, 0.29) is 26.9 Å². The standard InChI is InChI=1S/C18H11ClF4N2O2S/c19-10-5-6-14(27-9-18(21,22)23)13(7-10)25-16(26)15-8-24-17(28-15)11-3-1-2-4-12(11)20/h1-8H,9H2,(H,25,26). The van der Waals surface area contributed by atoms with Crippen LogP contribution < -0.4 is 10.1 Å². The van der Waals surface area contributed by atoms with Crippen molar-refractivity contribution in [3.8, 4) is 16.3 Å². The van der Waals surface area contributed by atoms with Gasteiger partial charge in [-0.2, -0.15) is 13.2 Å². The van der Waals surface area contributed by atoms with Gasteiger partial charge in [0.2, 0.25) is 0 Å². The molecule has 0 aliphatic heterocycles. The summed E-state index contributed by atoms with van der Waals surface area (Å²) < 4.78 is 55.8. The van der Waals surface area contributed by atoms with E-state index < -0.39 is 24.5 Å². The van der Waals surface area contributed by atoms with E-state index in [1.54, 1.807) is 6.07 Å². The van der Waals surface area contributed by atoms with Crippen LogP contribution in [0.3, 0.4) is 0 Å². The second-order valence-electron chi connectivity index (χ2n) is 5.51. The van der Waals surface area contributed by atoms with Crippen LogP contribution in [0, 0.1) is 5.82 Å². The molecule has 0 atom stereocenters. The number of ether oxygens (including phenoxy) is 1. The molecular formula is C18H11ClF4N2O2S. The molecule has 0 saturated heterocycles. The van der Waals surface area contributed by atoms with Crippen molar-refractivity contribution in [1.82, 2.24) is 4.98 Å². The third-order valence-electron chi connectivity index (χ3n) is 3.41. The summed E-state index contributed by atoms with van der Waals surface area (Å²) in [6, 6.07) is 9.79. The predicted octanol–water partition coefficient (Wildman–Crippen LogP) is 5.80. The Hall–Kier alpha value is -2.65. The summed E-state index contributed by atoms with van der Waals surface area (Å²) in [5.74, 6) is -1.31. The minimum Gasteiger partial charge on any atom is -0.482 e. The van der Waals surface area contributed by atoms with Crippen molar-refractivity contribution in [2.45, 2.75) is 6.18 Å². The topological polar surface area (TPSA) is 51.2 Å². The van der Waals surface area contributed by atoms with Gasteiger partial charge in [0, 0.05) is 10.6 Å². The Labute approximate surface area is 165 Å². The van der Waals surface area contributed by atoms with E-state index in [9.17, 15) is 22.4 Å². The van der Waals surface area contributed by atoms with E-state index in [0.29, 0.717) is 5.01 Å². The Balaban J connectivity index is 1.80. The maximum absolute atomic E-state index is 13.9. The Morgan fingerprint density at radius 1 is 1.21 bits per heavy atom. The molecule has 1 heterocycles. The summed E-state index contributed by atoms with van der Waals surface area (Å²) >= 11 is 6.80. The van der Waals surface area contributed by atoms with Crippen molar-refractivity contribution >= 4 is 34.5 Å². The lowest BCUT2D eigenvalue weighted by atomic mass is 10.2. The molecule has 4 nitrogen and oxygen atoms in total. The number of rotatable bonds is 5. The monoisotopic (exact) mass is 430 g/mol. The zero-order valence-electron chi connectivity index (χ0n) is 13.9. The molecule has 10 heteroatoms. The van der Waals surface area contributed by atoms with E-state index in [4.69, 9.17) is 16.3 Å². The molecule has 2 aromatic carbocycles. The fourth-order valence-corrected chi connectivity index (χ4v) is 3.22. The number of aromatic nitrogens is 1. The summed E-state index contributed by atoms with van der Waals surface area (Å²) in [5, 5.41) is 2.94. The van der Waals surface area contributed by atoms with Gasteiger partial charge in [-0.3, -0.25) is 4.79 Å². The second kappa shape index (κ2) is 8.15. The third kappa shape index (κ3) is 4.99. The van der Waals surface area contributed by atoms with Crippen molar-refractivity contribution in [2.24, 2.45) is 0 Å². The third-order valence-corrected chi connectivity index (χ3v) is 4.68. The maximum atomic E-state index is 13.9. The van der Waals surface area contributed by atoms with Gasteiger partial charge in [-0.05, 0) is 30.3 Å². The number of carbonyl (C=O) groups is 1. The number of anilines is 1. The molecule has 0 aliphatic rings. The molecule has 3 aromatic rings. The highest BCUT2D eigenvalue weighted by molar-refractivity contribution is 7.17. The molecule has 146 valence electrons. The molecule has 0 saturated carbocycles. The molecule has 0 aliphatic carbocycles. The summed E-state index contributed by atoms with van der Waals surface area (Å²) in [4.78, 5) is 16.6. The number of carbonyl (C=O) groups excluding carboxylic acids is 1. The van der Waals surface area contributed by atoms with Crippen LogP contribution in [0.2, 0.25) is 5.02 Å². The lowest BCUT2D eigenvalue weighted by molar-refractivity contribution is -0.153. The highest BCUT2D eigenvalue weighted by Crippen LogP contribution is 2.32. The quantitative estimate of drug-likeness (QED) is 0.521. The number of hydrogen-bond acceptors (Lipinski definition) is 4. The second-order valence-corrected chi connectivity index (χ2v) is 6.98. The normalized spacial score (nSPS) is 11.3. The van der Waals surface area contributed by atoms with Crippen molar-refractivity contribution in [3.63, 3.8) is 0 Å². The zero-order valence-corrected chi connectivity index (χ0v) is 15.5. The van der Waals surface area contributed by atoms with Gasteiger partial charge in [0.15, 0.2) is 6.61 Å². The summed E-state index contributed by atoms with van der Waals surface area (Å²) in [6.45, 7) is -1.52. The molecule has 0 fully saturated rings. The van der Waals surface area contributed by atoms with E-state index in [1.807, 2.05) is 0 Å². The number of benzene rings is 2. The first kappa shape index (κ1) is 20.1. The fourth-order valence-electron chi connectivity index (χ4n) is 2.21. The van der Waals surface area contributed by atoms with Gasteiger partial charge >= 0.3 is 6.18 Å². The largest absolute Gasteiger partial charge is 0.482 e. The Bertz CT molecular complexity index is 1010. The van der Waals surface area contributed by atoms with Crippen LogP contribution in [-0.4, -0.2) is 23.7 Å². The first-order chi connectivity index (χ1) is 13.2. The Morgan fingerprint density at radius 3 is 2.68 bits per heavy atom. The van der Waals surface area contributed by atoms with Crippen LogP contribution in [0.5, 0.6) is 5.75 Å². The Kier molecular flexibility index (Phi) is 5.85. The van der Waals surface area contributed by atoms with Gasteiger partial charge < -0.3 is 10.1 Å². The molecule has 28 heavy (non-hydrogen) atoms. The lowest BCUT2D eigenvalue weighted by Crippen LogP contribution is -2.20. The SMILES string of the molecule is O=C(Nc1cc(Cl)ccc1OCC(F)(F)F)c1cnc(-c2ccccc2F)s1. The van der Waals surface area contributed by atoms with Gasteiger partial charge in [0.25, 0.3) is 5.91 Å². The van der Waals surface area contributed by atoms with Crippen LogP contribution in [0.15, 0.2) is 48.7 Å². The van der Waals surface area contributed by atoms with Gasteiger partial charge in [0.1, 0.15) is 21.5 Å². The average Bonchev–Trinajstić information content (AvgIpc) is 3.10. The number of amides is 1. The number of thiazole rings is 1. The number of alkyl halides is 3. The lowest BCUT2D eigenvalue weighted by Gasteiger charge is -2.13. The van der Waals surface area contributed by atoms with Crippen LogP contribution >= 0.6 is 22.9 Å². The molecule has 1 aromatic heterocycles. The summed E-state index contributed by atoms with van der Waals surface area (Å²) in [5.41, 5.74) is 0.214. The molecule has 3 rings (SSSR count). The van der Waals surface area contributed by atoms with Gasteiger partial charge in [-0.1, -0.05) is 23.7 Å². The smallest absolute Gasteiger partial charge is 0.422 e. The van der Waals surface area contributed by atoms with E-state index >= 15 is 0 Å². The van der Waals surface area contributed by atoms with E-state index in [2.05, 4.69) is 10.3 Å². The summed E-state index contributed by atoms with van der Waals surface area (Å²) in [7, 11) is 0. The van der Waals surface area contributed by atoms with Crippen molar-refractivity contribution in [2.75, 3.05) is 11.9 Å². The van der Waals surface area contributed by atoms with Crippen molar-refractivity contribution in [3.05, 3.63) is 64.4 Å². The highest BCUT2D eigenvalue weighted by atomic mass is 35.5. The van der Waals surface area contributed by atoms with Crippen molar-refractivity contribution in [1.29, 1.82) is 0 Å². The number of nitrogens with one attached hydrogen (secondary N) is 1. The number of halogens is 5. The number of hydrogen-bond donors (Lipinski definition) is 1. The van der Waals surface area contributed by atoms with Crippen molar-refractivity contribution < 1.29 is 27.1 Å². The molecule has 1 N–H and O–H groups in total. The average molecular weight is 431 g/mol.